The van der Waals surface area contributed by atoms with Crippen LogP contribution in [0.4, 0.5) is 5.95 Å². The number of benzene rings is 1. The third-order valence-corrected chi connectivity index (χ3v) is 5.06. The van der Waals surface area contributed by atoms with E-state index < -0.39 is 0 Å². The van der Waals surface area contributed by atoms with Crippen LogP contribution in [0.3, 0.4) is 0 Å². The third kappa shape index (κ3) is 5.26. The molecule has 0 saturated heterocycles. The minimum absolute atomic E-state index is 0.206. The van der Waals surface area contributed by atoms with Crippen molar-refractivity contribution in [3.05, 3.63) is 53.9 Å². The molecule has 5 nitrogen and oxygen atoms in total. The van der Waals surface area contributed by atoms with E-state index >= 15 is 0 Å². The second kappa shape index (κ2) is 9.64. The van der Waals surface area contributed by atoms with E-state index in [1.54, 1.807) is 0 Å². The molecule has 5 heteroatoms. The van der Waals surface area contributed by atoms with Gasteiger partial charge in [0.25, 0.3) is 0 Å². The number of anilines is 1. The molecule has 1 aliphatic rings. The van der Waals surface area contributed by atoms with Crippen LogP contribution < -0.4 is 5.32 Å². The molecular weight excluding hydrogens is 324 g/mol. The Kier molecular flexibility index (Phi) is 6.97. The third-order valence-electron chi connectivity index (χ3n) is 5.06. The summed E-state index contributed by atoms with van der Waals surface area (Å²) in [7, 11) is 0. The first-order valence-electron chi connectivity index (χ1n) is 9.77. The van der Waals surface area contributed by atoms with Crippen LogP contribution in [0, 0.1) is 0 Å². The predicted octanol–water partition coefficient (Wildman–Crippen LogP) is 3.60. The van der Waals surface area contributed by atoms with Crippen LogP contribution in [0.15, 0.2) is 42.7 Å². The summed E-state index contributed by atoms with van der Waals surface area (Å²) in [6.45, 7) is 4.70. The van der Waals surface area contributed by atoms with Crippen molar-refractivity contribution < 1.29 is 5.11 Å². The van der Waals surface area contributed by atoms with Crippen LogP contribution in [-0.2, 0) is 13.1 Å². The van der Waals surface area contributed by atoms with Crippen LogP contribution in [0.5, 0.6) is 0 Å². The van der Waals surface area contributed by atoms with Gasteiger partial charge in [-0.2, -0.15) is 0 Å². The Morgan fingerprint density at radius 3 is 2.50 bits per heavy atom. The number of nitrogens with one attached hydrogen (secondary N) is 1. The number of aromatic nitrogens is 2. The molecule has 1 aromatic heterocycles. The quantitative estimate of drug-likeness (QED) is 0.758. The lowest BCUT2D eigenvalue weighted by Crippen LogP contribution is -2.45. The van der Waals surface area contributed by atoms with Gasteiger partial charge in [0, 0.05) is 37.1 Å². The second-order valence-electron chi connectivity index (χ2n) is 7.14. The Balaban J connectivity index is 1.57. The largest absolute Gasteiger partial charge is 0.391 e. The van der Waals surface area contributed by atoms with Gasteiger partial charge >= 0.3 is 0 Å². The fourth-order valence-corrected chi connectivity index (χ4v) is 3.71. The Bertz CT molecular complexity index is 647. The van der Waals surface area contributed by atoms with E-state index in [0.29, 0.717) is 5.95 Å². The number of aliphatic hydroxyl groups excluding tert-OH is 1. The van der Waals surface area contributed by atoms with Gasteiger partial charge in [-0.3, -0.25) is 4.90 Å². The number of hydrogen-bond acceptors (Lipinski definition) is 5. The zero-order valence-corrected chi connectivity index (χ0v) is 15.6. The van der Waals surface area contributed by atoms with Crippen LogP contribution >= 0.6 is 0 Å². The second-order valence-corrected chi connectivity index (χ2v) is 7.14. The molecule has 140 valence electrons. The monoisotopic (exact) mass is 354 g/mol. The van der Waals surface area contributed by atoms with Gasteiger partial charge in [0.2, 0.25) is 5.95 Å². The van der Waals surface area contributed by atoms with E-state index in [1.807, 2.05) is 30.6 Å². The standard InChI is InChI=1S/C21H30N4O/c1-2-12-25(19-10-6-7-11-20(19)26)16-18-14-23-21(24-15-18)22-13-17-8-4-3-5-9-17/h3-5,8-9,14-15,19-20,26H,2,6-7,10-13,16H2,1H3,(H,22,23,24)/t19-,20-/m1/s1. The van der Waals surface area contributed by atoms with Crippen molar-refractivity contribution in [3.8, 4) is 0 Å². The lowest BCUT2D eigenvalue weighted by Gasteiger charge is -2.37. The molecule has 2 aromatic rings. The van der Waals surface area contributed by atoms with Crippen LogP contribution in [0.2, 0.25) is 0 Å². The fraction of sp³-hybridized carbons (Fsp3) is 0.524. The van der Waals surface area contributed by atoms with Crippen molar-refractivity contribution in [1.29, 1.82) is 0 Å². The van der Waals surface area contributed by atoms with Gasteiger partial charge in [-0.25, -0.2) is 9.97 Å². The molecule has 1 aromatic carbocycles. The summed E-state index contributed by atoms with van der Waals surface area (Å²) >= 11 is 0. The minimum Gasteiger partial charge on any atom is -0.391 e. The summed E-state index contributed by atoms with van der Waals surface area (Å²) in [5, 5.41) is 13.6. The molecule has 2 atom stereocenters. The topological polar surface area (TPSA) is 61.3 Å². The van der Waals surface area contributed by atoms with Gasteiger partial charge in [-0.15, -0.1) is 0 Å². The van der Waals surface area contributed by atoms with Crippen LogP contribution in [-0.4, -0.2) is 38.7 Å². The maximum Gasteiger partial charge on any atom is 0.222 e. The lowest BCUT2D eigenvalue weighted by atomic mass is 9.91. The molecule has 0 unspecified atom stereocenters. The molecular formula is C21H30N4O. The van der Waals surface area contributed by atoms with Crippen molar-refractivity contribution >= 4 is 5.95 Å². The molecule has 0 radical (unpaired) electrons. The first kappa shape index (κ1) is 18.8. The Morgan fingerprint density at radius 2 is 1.81 bits per heavy atom. The number of rotatable bonds is 8. The van der Waals surface area contributed by atoms with Crippen molar-refractivity contribution in [1.82, 2.24) is 14.9 Å². The summed E-state index contributed by atoms with van der Waals surface area (Å²) in [5.41, 5.74) is 2.31. The Morgan fingerprint density at radius 1 is 1.08 bits per heavy atom. The normalized spacial score (nSPS) is 20.3. The number of aliphatic hydroxyl groups is 1. The van der Waals surface area contributed by atoms with Gasteiger partial charge < -0.3 is 10.4 Å². The van der Waals surface area contributed by atoms with Gasteiger partial charge in [-0.1, -0.05) is 50.1 Å². The highest BCUT2D eigenvalue weighted by Crippen LogP contribution is 2.24. The molecule has 1 fully saturated rings. The molecule has 0 bridgehead atoms. The molecule has 1 aliphatic carbocycles. The van der Waals surface area contributed by atoms with Crippen molar-refractivity contribution in [2.24, 2.45) is 0 Å². The lowest BCUT2D eigenvalue weighted by molar-refractivity contribution is 0.0156. The number of nitrogens with zero attached hydrogens (tertiary/aromatic N) is 3. The first-order chi connectivity index (χ1) is 12.8. The van der Waals surface area contributed by atoms with E-state index in [9.17, 15) is 5.11 Å². The van der Waals surface area contributed by atoms with E-state index in [1.165, 1.54) is 12.0 Å². The van der Waals surface area contributed by atoms with Crippen molar-refractivity contribution in [2.45, 2.75) is 64.3 Å². The molecule has 2 N–H and O–H groups in total. The smallest absolute Gasteiger partial charge is 0.222 e. The predicted molar refractivity (Wildman–Crippen MR) is 105 cm³/mol. The molecule has 3 rings (SSSR count). The molecule has 0 aliphatic heterocycles. The van der Waals surface area contributed by atoms with Crippen LogP contribution in [0.25, 0.3) is 0 Å². The van der Waals surface area contributed by atoms with E-state index in [4.69, 9.17) is 0 Å². The summed E-state index contributed by atoms with van der Waals surface area (Å²) in [6, 6.07) is 10.5. The van der Waals surface area contributed by atoms with Gasteiger partial charge in [0.05, 0.1) is 6.10 Å². The molecule has 0 spiro atoms. The van der Waals surface area contributed by atoms with Gasteiger partial charge in [-0.05, 0) is 31.4 Å². The zero-order chi connectivity index (χ0) is 18.2. The Hall–Kier alpha value is -1.98. The van der Waals surface area contributed by atoms with E-state index in [-0.39, 0.29) is 12.1 Å². The summed E-state index contributed by atoms with van der Waals surface area (Å²) in [4.78, 5) is 11.3. The average Bonchev–Trinajstić information content (AvgIpc) is 2.68. The van der Waals surface area contributed by atoms with Crippen molar-refractivity contribution in [3.63, 3.8) is 0 Å². The highest BCUT2D eigenvalue weighted by atomic mass is 16.3. The first-order valence-corrected chi connectivity index (χ1v) is 9.77. The minimum atomic E-state index is -0.206. The van der Waals surface area contributed by atoms with Gasteiger partial charge in [0.15, 0.2) is 0 Å². The maximum atomic E-state index is 10.4. The molecule has 1 saturated carbocycles. The summed E-state index contributed by atoms with van der Waals surface area (Å²) < 4.78 is 0. The summed E-state index contributed by atoms with van der Waals surface area (Å²) in [6.07, 6.45) is 9.03. The fourth-order valence-electron chi connectivity index (χ4n) is 3.71. The zero-order valence-electron chi connectivity index (χ0n) is 15.6. The molecule has 0 amide bonds. The van der Waals surface area contributed by atoms with E-state index in [0.717, 1.165) is 50.9 Å². The summed E-state index contributed by atoms with van der Waals surface area (Å²) in [5.74, 6) is 0.650. The molecule has 26 heavy (non-hydrogen) atoms. The Labute approximate surface area is 156 Å². The van der Waals surface area contributed by atoms with Gasteiger partial charge in [0.1, 0.15) is 0 Å². The SMILES string of the molecule is CCCN(Cc1cnc(NCc2ccccc2)nc1)[C@@H]1CCCC[C@H]1O. The average molecular weight is 354 g/mol. The maximum absolute atomic E-state index is 10.4. The van der Waals surface area contributed by atoms with E-state index in [2.05, 4.69) is 39.2 Å². The number of hydrogen-bond donors (Lipinski definition) is 2. The highest BCUT2D eigenvalue weighted by Gasteiger charge is 2.28. The highest BCUT2D eigenvalue weighted by molar-refractivity contribution is 5.27. The molecule has 1 heterocycles. The van der Waals surface area contributed by atoms with Crippen LogP contribution in [0.1, 0.15) is 50.2 Å². The van der Waals surface area contributed by atoms with Crippen molar-refractivity contribution in [2.75, 3.05) is 11.9 Å².